The molecule has 1 aliphatic rings. The lowest BCUT2D eigenvalue weighted by Gasteiger charge is -2.19. The van der Waals surface area contributed by atoms with Gasteiger partial charge in [-0.1, -0.05) is 6.07 Å². The lowest BCUT2D eigenvalue weighted by Crippen LogP contribution is -2.44. The van der Waals surface area contributed by atoms with Gasteiger partial charge in [-0.05, 0) is 25.5 Å². The van der Waals surface area contributed by atoms with Gasteiger partial charge in [-0.25, -0.2) is 4.98 Å². The van der Waals surface area contributed by atoms with Crippen LogP contribution in [0.2, 0.25) is 0 Å². The lowest BCUT2D eigenvalue weighted by atomic mass is 10.3. The van der Waals surface area contributed by atoms with Crippen LogP contribution in [-0.2, 0) is 6.54 Å². The van der Waals surface area contributed by atoms with E-state index in [9.17, 15) is 13.2 Å². The highest BCUT2D eigenvalue weighted by atomic mass is 127. The average molecular weight is 496 g/mol. The number of guanidine groups is 1. The predicted octanol–water partition coefficient (Wildman–Crippen LogP) is 2.56. The summed E-state index contributed by atoms with van der Waals surface area (Å²) in [6.45, 7) is 2.42. The van der Waals surface area contributed by atoms with Gasteiger partial charge in [0, 0.05) is 38.1 Å². The normalized spacial score (nSPS) is 18.6. The zero-order valence-corrected chi connectivity index (χ0v) is 17.6. The maximum atomic E-state index is 12.5. The smallest absolute Gasteiger partial charge is 0.352 e. The third kappa shape index (κ3) is 5.96. The molecule has 150 valence electrons. The van der Waals surface area contributed by atoms with Crippen molar-refractivity contribution in [3.05, 3.63) is 35.8 Å². The molecule has 0 radical (unpaired) electrons. The van der Waals surface area contributed by atoms with Crippen LogP contribution in [0, 0.1) is 6.92 Å². The zero-order chi connectivity index (χ0) is 18.7. The van der Waals surface area contributed by atoms with E-state index in [-0.39, 0.29) is 30.0 Å². The van der Waals surface area contributed by atoms with E-state index < -0.39 is 12.7 Å². The van der Waals surface area contributed by atoms with Crippen LogP contribution >= 0.6 is 24.0 Å². The maximum Gasteiger partial charge on any atom is 0.401 e. The number of imidazole rings is 1. The second-order valence-corrected chi connectivity index (χ2v) is 6.53. The van der Waals surface area contributed by atoms with Gasteiger partial charge in [0.2, 0.25) is 0 Å². The fraction of sp³-hybridized carbons (Fsp3) is 0.529. The molecule has 10 heteroatoms. The van der Waals surface area contributed by atoms with Gasteiger partial charge in [0.05, 0.1) is 18.8 Å². The minimum Gasteiger partial charge on any atom is -0.352 e. The van der Waals surface area contributed by atoms with Crippen LogP contribution in [0.25, 0.3) is 5.65 Å². The highest BCUT2D eigenvalue weighted by Crippen LogP contribution is 2.19. The summed E-state index contributed by atoms with van der Waals surface area (Å²) in [5.74, 6) is 0.567. The number of hydrogen-bond acceptors (Lipinski definition) is 3. The minimum atomic E-state index is -4.16. The number of rotatable bonds is 4. The molecule has 0 saturated carbocycles. The molecule has 1 unspecified atom stereocenters. The summed E-state index contributed by atoms with van der Waals surface area (Å²) >= 11 is 0. The number of hydrogen-bond donors (Lipinski definition) is 2. The number of aliphatic imine (C=N–C) groups is 1. The Morgan fingerprint density at radius 1 is 1.37 bits per heavy atom. The molecule has 1 aliphatic heterocycles. The summed E-state index contributed by atoms with van der Waals surface area (Å²) in [5, 5.41) is 6.37. The SMILES string of the molecule is CN=C(NCc1cn2c(C)cccc2n1)NC1CCN(CC(F)(F)F)C1.I. The van der Waals surface area contributed by atoms with Gasteiger partial charge in [0.15, 0.2) is 5.96 Å². The standard InChI is InChI=1S/C17H23F3N6.HI/c1-12-4-3-5-15-23-14(10-26(12)15)8-22-16(21-2)24-13-6-7-25(9-13)11-17(18,19)20;/h3-5,10,13H,6-9,11H2,1-2H3,(H2,21,22,24);1H. The van der Waals surface area contributed by atoms with E-state index in [0.717, 1.165) is 17.0 Å². The average Bonchev–Trinajstić information content (AvgIpc) is 3.17. The van der Waals surface area contributed by atoms with E-state index in [1.165, 1.54) is 4.90 Å². The highest BCUT2D eigenvalue weighted by molar-refractivity contribution is 14.0. The van der Waals surface area contributed by atoms with Crippen molar-refractivity contribution in [2.24, 2.45) is 4.99 Å². The molecular formula is C17H24F3IN6. The molecule has 0 spiro atoms. The topological polar surface area (TPSA) is 57.0 Å². The van der Waals surface area contributed by atoms with Gasteiger partial charge in [-0.15, -0.1) is 24.0 Å². The van der Waals surface area contributed by atoms with Gasteiger partial charge in [-0.2, -0.15) is 13.2 Å². The molecule has 2 N–H and O–H groups in total. The fourth-order valence-corrected chi connectivity index (χ4v) is 3.19. The molecule has 1 fully saturated rings. The van der Waals surface area contributed by atoms with Gasteiger partial charge in [-0.3, -0.25) is 9.89 Å². The number of aromatic nitrogens is 2. The lowest BCUT2D eigenvalue weighted by molar-refractivity contribution is -0.143. The molecule has 0 aromatic carbocycles. The maximum absolute atomic E-state index is 12.5. The summed E-state index contributed by atoms with van der Waals surface area (Å²) in [6.07, 6.45) is -1.54. The van der Waals surface area contributed by atoms with Gasteiger partial charge >= 0.3 is 6.18 Å². The zero-order valence-electron chi connectivity index (χ0n) is 15.3. The number of nitrogens with zero attached hydrogens (tertiary/aromatic N) is 4. The molecule has 0 amide bonds. The second kappa shape index (κ2) is 9.09. The van der Waals surface area contributed by atoms with Crippen molar-refractivity contribution in [2.45, 2.75) is 32.1 Å². The molecule has 0 bridgehead atoms. The van der Waals surface area contributed by atoms with Crippen LogP contribution in [0.3, 0.4) is 0 Å². The highest BCUT2D eigenvalue weighted by Gasteiger charge is 2.34. The summed E-state index contributed by atoms with van der Waals surface area (Å²) in [5.41, 5.74) is 2.84. The van der Waals surface area contributed by atoms with Crippen LogP contribution in [-0.4, -0.2) is 59.1 Å². The van der Waals surface area contributed by atoms with Crippen molar-refractivity contribution >= 4 is 35.6 Å². The van der Waals surface area contributed by atoms with Crippen molar-refractivity contribution in [2.75, 3.05) is 26.7 Å². The first-order valence-electron chi connectivity index (χ1n) is 8.54. The summed E-state index contributed by atoms with van der Waals surface area (Å²) < 4.78 is 39.5. The Bertz CT molecular complexity index is 789. The Morgan fingerprint density at radius 3 is 2.81 bits per heavy atom. The molecule has 2 aromatic heterocycles. The number of pyridine rings is 1. The molecular weight excluding hydrogens is 472 g/mol. The molecule has 1 atom stereocenters. The number of nitrogens with one attached hydrogen (secondary N) is 2. The Morgan fingerprint density at radius 2 is 2.15 bits per heavy atom. The van der Waals surface area contributed by atoms with Crippen molar-refractivity contribution in [1.82, 2.24) is 24.9 Å². The molecule has 3 rings (SSSR count). The predicted molar refractivity (Wildman–Crippen MR) is 110 cm³/mol. The van der Waals surface area contributed by atoms with Gasteiger partial charge in [0.25, 0.3) is 0 Å². The summed E-state index contributed by atoms with van der Waals surface area (Å²) in [6, 6.07) is 5.87. The van der Waals surface area contributed by atoms with Crippen molar-refractivity contribution in [3.8, 4) is 0 Å². The Hall–Kier alpha value is -1.56. The minimum absolute atomic E-state index is 0. The molecule has 3 heterocycles. The number of fused-ring (bicyclic) bond motifs is 1. The second-order valence-electron chi connectivity index (χ2n) is 6.53. The van der Waals surface area contributed by atoms with E-state index in [0.29, 0.717) is 32.0 Å². The largest absolute Gasteiger partial charge is 0.401 e. The van der Waals surface area contributed by atoms with Crippen LogP contribution < -0.4 is 10.6 Å². The van der Waals surface area contributed by atoms with Crippen LogP contribution in [0.4, 0.5) is 13.2 Å². The van der Waals surface area contributed by atoms with Crippen molar-refractivity contribution in [3.63, 3.8) is 0 Å². The van der Waals surface area contributed by atoms with E-state index in [4.69, 9.17) is 0 Å². The number of aryl methyl sites for hydroxylation is 1. The van der Waals surface area contributed by atoms with Crippen LogP contribution in [0.1, 0.15) is 17.8 Å². The first-order valence-corrected chi connectivity index (χ1v) is 8.54. The Balaban J connectivity index is 0.00000261. The Labute approximate surface area is 173 Å². The third-order valence-corrected chi connectivity index (χ3v) is 4.42. The van der Waals surface area contributed by atoms with Gasteiger partial charge in [0.1, 0.15) is 5.65 Å². The molecule has 6 nitrogen and oxygen atoms in total. The van der Waals surface area contributed by atoms with Crippen molar-refractivity contribution < 1.29 is 13.2 Å². The molecule has 2 aromatic rings. The third-order valence-electron chi connectivity index (χ3n) is 4.42. The molecule has 1 saturated heterocycles. The first kappa shape index (κ1) is 21.7. The number of halogens is 4. The monoisotopic (exact) mass is 496 g/mol. The summed E-state index contributed by atoms with van der Waals surface area (Å²) in [7, 11) is 1.64. The van der Waals surface area contributed by atoms with Crippen LogP contribution in [0.5, 0.6) is 0 Å². The fourth-order valence-electron chi connectivity index (χ4n) is 3.19. The molecule has 0 aliphatic carbocycles. The molecule has 27 heavy (non-hydrogen) atoms. The van der Waals surface area contributed by atoms with E-state index in [1.807, 2.05) is 35.7 Å². The van der Waals surface area contributed by atoms with E-state index in [1.54, 1.807) is 7.05 Å². The van der Waals surface area contributed by atoms with E-state index in [2.05, 4.69) is 20.6 Å². The van der Waals surface area contributed by atoms with Gasteiger partial charge < -0.3 is 15.0 Å². The number of alkyl halides is 3. The van der Waals surface area contributed by atoms with Crippen molar-refractivity contribution in [1.29, 1.82) is 0 Å². The quantitative estimate of drug-likeness (QED) is 0.389. The van der Waals surface area contributed by atoms with E-state index >= 15 is 0 Å². The first-order chi connectivity index (χ1) is 12.3. The number of likely N-dealkylation sites (tertiary alicyclic amines) is 1. The van der Waals surface area contributed by atoms with Crippen LogP contribution in [0.15, 0.2) is 29.4 Å². The summed E-state index contributed by atoms with van der Waals surface area (Å²) in [4.78, 5) is 10.1. The Kier molecular flexibility index (Phi) is 7.32.